The third-order valence-corrected chi connectivity index (χ3v) is 3.07. The fourth-order valence-corrected chi connectivity index (χ4v) is 2.19. The van der Waals surface area contributed by atoms with Crippen LogP contribution in [0.25, 0.3) is 0 Å². The first kappa shape index (κ1) is 12.3. The van der Waals surface area contributed by atoms with Crippen LogP contribution in [0.4, 0.5) is 4.39 Å². The molecule has 4 heteroatoms. The van der Waals surface area contributed by atoms with Crippen molar-refractivity contribution in [1.29, 1.82) is 0 Å². The van der Waals surface area contributed by atoms with Crippen molar-refractivity contribution in [3.63, 3.8) is 0 Å². The van der Waals surface area contributed by atoms with E-state index in [9.17, 15) is 4.39 Å². The maximum absolute atomic E-state index is 13.0. The van der Waals surface area contributed by atoms with Crippen LogP contribution in [0.5, 0.6) is 5.75 Å². The number of nitrogens with one attached hydrogen (secondary N) is 1. The largest absolute Gasteiger partial charge is 0.487 e. The molecule has 94 valence electrons. The maximum atomic E-state index is 13.0. The Morgan fingerprint density at radius 3 is 2.94 bits per heavy atom. The van der Waals surface area contributed by atoms with Crippen LogP contribution in [0, 0.1) is 5.82 Å². The molecule has 1 fully saturated rings. The average Bonchev–Trinajstić information content (AvgIpc) is 2.28. The summed E-state index contributed by atoms with van der Waals surface area (Å²) < 4.78 is 24.1. The molecule has 0 spiro atoms. The number of benzene rings is 1. The Balaban J connectivity index is 1.92. The highest BCUT2D eigenvalue weighted by atomic mass is 19.1. The van der Waals surface area contributed by atoms with E-state index in [1.54, 1.807) is 19.2 Å². The summed E-state index contributed by atoms with van der Waals surface area (Å²) in [7, 11) is 1.68. The van der Waals surface area contributed by atoms with Crippen molar-refractivity contribution in [3.05, 3.63) is 30.1 Å². The third-order valence-electron chi connectivity index (χ3n) is 3.07. The molecule has 3 nitrogen and oxygen atoms in total. The number of methoxy groups -OCH3 is 1. The van der Waals surface area contributed by atoms with Crippen molar-refractivity contribution < 1.29 is 13.9 Å². The van der Waals surface area contributed by atoms with Gasteiger partial charge in [0.1, 0.15) is 23.8 Å². The highest BCUT2D eigenvalue weighted by Crippen LogP contribution is 2.28. The van der Waals surface area contributed by atoms with Gasteiger partial charge in [-0.2, -0.15) is 0 Å². The Labute approximate surface area is 101 Å². The molecule has 1 aliphatic carbocycles. The van der Waals surface area contributed by atoms with E-state index in [1.807, 2.05) is 0 Å². The molecule has 1 saturated carbocycles. The maximum Gasteiger partial charge on any atom is 0.128 e. The molecule has 1 aromatic carbocycles. The van der Waals surface area contributed by atoms with Crippen molar-refractivity contribution >= 4 is 0 Å². The van der Waals surface area contributed by atoms with Crippen LogP contribution in [0.15, 0.2) is 24.3 Å². The molecule has 0 saturated heterocycles. The first-order chi connectivity index (χ1) is 8.24. The second kappa shape index (κ2) is 5.47. The highest BCUT2D eigenvalue weighted by molar-refractivity contribution is 5.23. The van der Waals surface area contributed by atoms with Gasteiger partial charge in [0, 0.05) is 25.6 Å². The van der Waals surface area contributed by atoms with E-state index in [-0.39, 0.29) is 18.0 Å². The van der Waals surface area contributed by atoms with Gasteiger partial charge in [-0.3, -0.25) is 0 Å². The van der Waals surface area contributed by atoms with Gasteiger partial charge < -0.3 is 14.8 Å². The van der Waals surface area contributed by atoms with Gasteiger partial charge in [-0.05, 0) is 18.7 Å². The molecule has 1 aromatic rings. The van der Waals surface area contributed by atoms with Crippen LogP contribution in [-0.2, 0) is 4.74 Å². The number of hydrogen-bond acceptors (Lipinski definition) is 3. The van der Waals surface area contributed by atoms with Crippen LogP contribution in [0.3, 0.4) is 0 Å². The lowest BCUT2D eigenvalue weighted by atomic mass is 9.85. The summed E-state index contributed by atoms with van der Waals surface area (Å²) in [6.45, 7) is 2.98. The lowest BCUT2D eigenvalue weighted by Gasteiger charge is -2.43. The highest BCUT2D eigenvalue weighted by Gasteiger charge is 2.42. The van der Waals surface area contributed by atoms with Gasteiger partial charge in [0.2, 0.25) is 0 Å². The van der Waals surface area contributed by atoms with Gasteiger partial charge in [0.05, 0.1) is 0 Å². The Bertz CT molecular complexity index is 372. The van der Waals surface area contributed by atoms with Crippen LogP contribution in [-0.4, -0.2) is 31.9 Å². The molecule has 1 aliphatic rings. The van der Waals surface area contributed by atoms with Gasteiger partial charge in [-0.25, -0.2) is 4.39 Å². The zero-order chi connectivity index (χ0) is 12.3. The zero-order valence-electron chi connectivity index (χ0n) is 10.2. The quantitative estimate of drug-likeness (QED) is 0.852. The number of rotatable bonds is 5. The van der Waals surface area contributed by atoms with E-state index < -0.39 is 0 Å². The zero-order valence-corrected chi connectivity index (χ0v) is 10.2. The number of halogens is 1. The van der Waals surface area contributed by atoms with Crippen molar-refractivity contribution in [2.75, 3.05) is 13.7 Å². The van der Waals surface area contributed by atoms with Crippen LogP contribution in [0.2, 0.25) is 0 Å². The molecule has 2 rings (SSSR count). The number of hydrogen-bond donors (Lipinski definition) is 1. The first-order valence-corrected chi connectivity index (χ1v) is 5.93. The minimum absolute atomic E-state index is 0.00542. The molecule has 0 radical (unpaired) electrons. The van der Waals surface area contributed by atoms with Gasteiger partial charge in [0.15, 0.2) is 0 Å². The summed E-state index contributed by atoms with van der Waals surface area (Å²) in [5.74, 6) is 0.283. The van der Waals surface area contributed by atoms with Gasteiger partial charge in [-0.1, -0.05) is 13.0 Å². The normalized spacial score (nSPS) is 27.6. The summed E-state index contributed by atoms with van der Waals surface area (Å²) in [5, 5.41) is 3.33. The van der Waals surface area contributed by atoms with Gasteiger partial charge in [0.25, 0.3) is 0 Å². The molecule has 3 unspecified atom stereocenters. The van der Waals surface area contributed by atoms with E-state index >= 15 is 0 Å². The number of ether oxygens (including phenoxy) is 2. The Morgan fingerprint density at radius 2 is 2.29 bits per heavy atom. The second-order valence-electron chi connectivity index (χ2n) is 4.21. The molecule has 0 aliphatic heterocycles. The molecule has 0 heterocycles. The van der Waals surface area contributed by atoms with E-state index in [1.165, 1.54) is 12.1 Å². The number of likely N-dealkylation sites (N-methyl/N-ethyl adjacent to an activating group) is 1. The van der Waals surface area contributed by atoms with Crippen molar-refractivity contribution in [3.8, 4) is 5.75 Å². The summed E-state index contributed by atoms with van der Waals surface area (Å²) >= 11 is 0. The summed E-state index contributed by atoms with van der Waals surface area (Å²) in [6.07, 6.45) is 0.937. The van der Waals surface area contributed by atoms with Crippen molar-refractivity contribution in [1.82, 2.24) is 5.32 Å². The molecule has 0 aromatic heterocycles. The fraction of sp³-hybridized carbons (Fsp3) is 0.538. The minimum atomic E-state index is -0.279. The van der Waals surface area contributed by atoms with Crippen molar-refractivity contribution in [2.24, 2.45) is 0 Å². The molecule has 0 amide bonds. The molecular weight excluding hydrogens is 221 g/mol. The van der Waals surface area contributed by atoms with E-state index in [0.717, 1.165) is 13.0 Å². The van der Waals surface area contributed by atoms with Gasteiger partial charge in [-0.15, -0.1) is 0 Å². The summed E-state index contributed by atoms with van der Waals surface area (Å²) in [4.78, 5) is 0. The summed E-state index contributed by atoms with van der Waals surface area (Å²) in [6, 6.07) is 6.54. The molecular formula is C13H18FNO2. The average molecular weight is 239 g/mol. The third kappa shape index (κ3) is 2.76. The van der Waals surface area contributed by atoms with E-state index in [4.69, 9.17) is 9.47 Å². The van der Waals surface area contributed by atoms with E-state index in [2.05, 4.69) is 12.2 Å². The Hall–Kier alpha value is -1.13. The van der Waals surface area contributed by atoms with Gasteiger partial charge >= 0.3 is 0 Å². The predicted octanol–water partition coefficient (Wildman–Crippen LogP) is 1.97. The fourth-order valence-electron chi connectivity index (χ4n) is 2.19. The molecule has 1 N–H and O–H groups in total. The van der Waals surface area contributed by atoms with Crippen LogP contribution < -0.4 is 10.1 Å². The molecule has 3 atom stereocenters. The SMILES string of the molecule is CCNC1CC(Oc2cccc(F)c2)C1OC. The second-order valence-corrected chi connectivity index (χ2v) is 4.21. The standard InChI is InChI=1S/C13H18FNO2/c1-3-15-11-8-12(13(11)16-2)17-10-6-4-5-9(14)7-10/h4-7,11-13,15H,3,8H2,1-2H3. The summed E-state index contributed by atoms with van der Waals surface area (Å²) in [5.41, 5.74) is 0. The monoisotopic (exact) mass is 239 g/mol. The lowest BCUT2D eigenvalue weighted by molar-refractivity contribution is -0.0884. The smallest absolute Gasteiger partial charge is 0.128 e. The Morgan fingerprint density at radius 1 is 1.47 bits per heavy atom. The minimum Gasteiger partial charge on any atom is -0.487 e. The first-order valence-electron chi connectivity index (χ1n) is 5.93. The van der Waals surface area contributed by atoms with Crippen LogP contribution in [0.1, 0.15) is 13.3 Å². The topological polar surface area (TPSA) is 30.5 Å². The van der Waals surface area contributed by atoms with Crippen LogP contribution >= 0.6 is 0 Å². The van der Waals surface area contributed by atoms with E-state index in [0.29, 0.717) is 11.8 Å². The molecule has 17 heavy (non-hydrogen) atoms. The Kier molecular flexibility index (Phi) is 3.97. The predicted molar refractivity (Wildman–Crippen MR) is 63.7 cm³/mol. The lowest BCUT2D eigenvalue weighted by Crippen LogP contribution is -2.60. The molecule has 0 bridgehead atoms. The van der Waals surface area contributed by atoms with Crippen molar-refractivity contribution in [2.45, 2.75) is 31.6 Å².